The van der Waals surface area contributed by atoms with Crippen molar-refractivity contribution in [2.45, 2.75) is 24.1 Å². The van der Waals surface area contributed by atoms with Crippen LogP contribution in [0.25, 0.3) is 10.1 Å². The summed E-state index contributed by atoms with van der Waals surface area (Å²) in [7, 11) is -3.85. The van der Waals surface area contributed by atoms with Gasteiger partial charge in [0.05, 0.1) is 13.1 Å². The van der Waals surface area contributed by atoms with Gasteiger partial charge in [-0.1, -0.05) is 23.7 Å². The minimum atomic E-state index is -3.85. The first-order valence-electron chi connectivity index (χ1n) is 10.9. The Morgan fingerprint density at radius 2 is 2.06 bits per heavy atom. The number of nitrogens with zero attached hydrogens (tertiary/aromatic N) is 2. The first kappa shape index (κ1) is 24.2. The van der Waals surface area contributed by atoms with Crippen LogP contribution >= 0.6 is 22.9 Å². The molecule has 0 bridgehead atoms. The molecule has 1 aromatic carbocycles. The van der Waals surface area contributed by atoms with Gasteiger partial charge in [0.1, 0.15) is 5.25 Å². The molecule has 1 unspecified atom stereocenters. The zero-order valence-electron chi connectivity index (χ0n) is 18.1. The van der Waals surface area contributed by atoms with Crippen LogP contribution in [0.2, 0.25) is 5.02 Å². The molecule has 4 rings (SSSR count). The van der Waals surface area contributed by atoms with Gasteiger partial charge in [-0.25, -0.2) is 8.42 Å². The van der Waals surface area contributed by atoms with Crippen molar-refractivity contribution in [2.24, 2.45) is 0 Å². The lowest BCUT2D eigenvalue weighted by Gasteiger charge is -2.35. The van der Waals surface area contributed by atoms with Crippen molar-refractivity contribution in [1.82, 2.24) is 19.8 Å². The molecule has 178 valence electrons. The molecule has 2 saturated heterocycles. The molecule has 8 nitrogen and oxygen atoms in total. The summed E-state index contributed by atoms with van der Waals surface area (Å²) in [4.78, 5) is 27.1. The Morgan fingerprint density at radius 1 is 1.30 bits per heavy atom. The number of sulfonamides is 1. The number of hydrogen-bond donors (Lipinski definition) is 2. The summed E-state index contributed by atoms with van der Waals surface area (Å²) >= 11 is 7.41. The quantitative estimate of drug-likeness (QED) is 0.556. The van der Waals surface area contributed by atoms with Crippen LogP contribution in [0.3, 0.4) is 0 Å². The average molecular weight is 511 g/mol. The molecule has 2 fully saturated rings. The highest BCUT2D eigenvalue weighted by atomic mass is 35.5. The Hall–Kier alpha value is -1.98. The summed E-state index contributed by atoms with van der Waals surface area (Å²) in [6.07, 6.45) is 3.11. The second-order valence-electron chi connectivity index (χ2n) is 8.27. The zero-order valence-corrected chi connectivity index (χ0v) is 20.5. The standard InChI is InChI=1S/C22H27ClN4O4S2/c1-2-20(19-11-15-3-4-16(23)12-18(15)32-19)33(30,31)27-10-9-26(22(29)14-27)13-21(28)25-17-5-7-24-8-6-17/h2-4,11-12,17,20,24H,1,5-10,13-14H2,(H,25,28). The Bertz CT molecular complexity index is 1160. The number of halogens is 1. The molecule has 0 spiro atoms. The van der Waals surface area contributed by atoms with Gasteiger partial charge in [0, 0.05) is 33.7 Å². The molecule has 0 saturated carbocycles. The molecule has 1 atom stereocenters. The van der Waals surface area contributed by atoms with E-state index >= 15 is 0 Å². The van der Waals surface area contributed by atoms with Crippen LogP contribution in [-0.4, -0.2) is 74.7 Å². The second-order valence-corrected chi connectivity index (χ2v) is 11.9. The summed E-state index contributed by atoms with van der Waals surface area (Å²) in [5, 5.41) is 6.73. The van der Waals surface area contributed by atoms with Gasteiger partial charge in [-0.15, -0.1) is 17.9 Å². The average Bonchev–Trinajstić information content (AvgIpc) is 3.18. The Morgan fingerprint density at radius 3 is 2.76 bits per heavy atom. The van der Waals surface area contributed by atoms with Gasteiger partial charge in [0.25, 0.3) is 0 Å². The third-order valence-electron chi connectivity index (χ3n) is 6.00. The van der Waals surface area contributed by atoms with Crippen molar-refractivity contribution in [1.29, 1.82) is 0 Å². The lowest BCUT2D eigenvalue weighted by molar-refractivity contribution is -0.138. The number of hydrogen-bond acceptors (Lipinski definition) is 6. The number of thiophene rings is 1. The van der Waals surface area contributed by atoms with Crippen molar-refractivity contribution < 1.29 is 18.0 Å². The van der Waals surface area contributed by atoms with E-state index in [2.05, 4.69) is 17.2 Å². The molecule has 2 aliphatic heterocycles. The molecule has 0 aliphatic carbocycles. The SMILES string of the molecule is C=CC(c1cc2ccc(Cl)cc2s1)S(=O)(=O)N1CCN(CC(=O)NC2CCNCC2)C(=O)C1. The number of fused-ring (bicyclic) bond motifs is 1. The number of piperazine rings is 1. The predicted molar refractivity (Wildman–Crippen MR) is 131 cm³/mol. The fraction of sp³-hybridized carbons (Fsp3) is 0.455. The Balaban J connectivity index is 1.41. The highest BCUT2D eigenvalue weighted by molar-refractivity contribution is 7.89. The Kier molecular flexibility index (Phi) is 7.40. The number of amides is 2. The maximum Gasteiger partial charge on any atom is 0.239 e. The van der Waals surface area contributed by atoms with Gasteiger partial charge in [-0.05, 0) is 49.5 Å². The van der Waals surface area contributed by atoms with Crippen LogP contribution in [0.1, 0.15) is 23.0 Å². The van der Waals surface area contributed by atoms with Gasteiger partial charge in [-0.3, -0.25) is 9.59 Å². The van der Waals surface area contributed by atoms with Crippen molar-refractivity contribution in [3.8, 4) is 0 Å². The smallest absolute Gasteiger partial charge is 0.239 e. The number of rotatable bonds is 7. The van der Waals surface area contributed by atoms with Gasteiger partial charge in [-0.2, -0.15) is 4.31 Å². The summed E-state index contributed by atoms with van der Waals surface area (Å²) in [6, 6.07) is 7.34. The van der Waals surface area contributed by atoms with Crippen LogP contribution in [0.4, 0.5) is 0 Å². The maximum absolute atomic E-state index is 13.4. The number of carbonyl (C=O) groups is 2. The summed E-state index contributed by atoms with van der Waals surface area (Å²) in [6.45, 7) is 5.42. The number of benzene rings is 1. The lowest BCUT2D eigenvalue weighted by Crippen LogP contribution is -2.55. The minimum absolute atomic E-state index is 0.0569. The second kappa shape index (κ2) is 10.1. The molecular weight excluding hydrogens is 484 g/mol. The van der Waals surface area contributed by atoms with Crippen LogP contribution < -0.4 is 10.6 Å². The van der Waals surface area contributed by atoms with E-state index < -0.39 is 15.3 Å². The molecule has 2 aromatic rings. The number of piperidine rings is 1. The lowest BCUT2D eigenvalue weighted by atomic mass is 10.1. The minimum Gasteiger partial charge on any atom is -0.352 e. The molecule has 0 radical (unpaired) electrons. The maximum atomic E-state index is 13.4. The molecular formula is C22H27ClN4O4S2. The Labute approximate surface area is 202 Å². The molecule has 3 heterocycles. The molecule has 11 heteroatoms. The van der Waals surface area contributed by atoms with Crippen molar-refractivity contribution in [3.63, 3.8) is 0 Å². The number of carbonyl (C=O) groups excluding carboxylic acids is 2. The van der Waals surface area contributed by atoms with E-state index in [9.17, 15) is 18.0 Å². The molecule has 2 aliphatic rings. The van der Waals surface area contributed by atoms with E-state index in [-0.39, 0.29) is 44.0 Å². The molecule has 2 amide bonds. The monoisotopic (exact) mass is 510 g/mol. The highest BCUT2D eigenvalue weighted by Gasteiger charge is 2.37. The van der Waals surface area contributed by atoms with Crippen LogP contribution in [0, 0.1) is 0 Å². The van der Waals surface area contributed by atoms with Crippen molar-refractivity contribution in [3.05, 3.63) is 46.8 Å². The normalized spacial score (nSPS) is 19.5. The van der Waals surface area contributed by atoms with Crippen LogP contribution in [0.15, 0.2) is 36.9 Å². The number of nitrogens with one attached hydrogen (secondary N) is 2. The topological polar surface area (TPSA) is 98.8 Å². The third kappa shape index (κ3) is 5.41. The van der Waals surface area contributed by atoms with Gasteiger partial charge < -0.3 is 15.5 Å². The molecule has 1 aromatic heterocycles. The fourth-order valence-corrected chi connectivity index (χ4v) is 7.58. The highest BCUT2D eigenvalue weighted by Crippen LogP contribution is 2.37. The van der Waals surface area contributed by atoms with E-state index in [0.29, 0.717) is 9.90 Å². The van der Waals surface area contributed by atoms with E-state index in [1.54, 1.807) is 12.1 Å². The van der Waals surface area contributed by atoms with Crippen molar-refractivity contribution >= 4 is 54.9 Å². The first-order valence-corrected chi connectivity index (χ1v) is 13.6. The van der Waals surface area contributed by atoms with E-state index in [4.69, 9.17) is 11.6 Å². The van der Waals surface area contributed by atoms with Gasteiger partial charge in [0.2, 0.25) is 21.8 Å². The third-order valence-corrected chi connectivity index (χ3v) is 9.68. The largest absolute Gasteiger partial charge is 0.352 e. The van der Waals surface area contributed by atoms with Crippen molar-refractivity contribution in [2.75, 3.05) is 39.3 Å². The summed E-state index contributed by atoms with van der Waals surface area (Å²) < 4.78 is 28.8. The van der Waals surface area contributed by atoms with E-state index in [0.717, 1.165) is 36.0 Å². The fourth-order valence-electron chi connectivity index (χ4n) is 4.20. The van der Waals surface area contributed by atoms with E-state index in [1.165, 1.54) is 26.6 Å². The van der Waals surface area contributed by atoms with Crippen LogP contribution in [-0.2, 0) is 19.6 Å². The van der Waals surface area contributed by atoms with Crippen LogP contribution in [0.5, 0.6) is 0 Å². The molecule has 33 heavy (non-hydrogen) atoms. The zero-order chi connectivity index (χ0) is 23.6. The van der Waals surface area contributed by atoms with E-state index in [1.807, 2.05) is 12.1 Å². The van der Waals surface area contributed by atoms with Gasteiger partial charge >= 0.3 is 0 Å². The first-order chi connectivity index (χ1) is 15.8. The summed E-state index contributed by atoms with van der Waals surface area (Å²) in [5.41, 5.74) is 0. The van der Waals surface area contributed by atoms with Gasteiger partial charge in [0.15, 0.2) is 0 Å². The molecule has 2 N–H and O–H groups in total. The predicted octanol–water partition coefficient (Wildman–Crippen LogP) is 2.12. The summed E-state index contributed by atoms with van der Waals surface area (Å²) in [5.74, 6) is -0.587.